The molecule has 1 N–H and O–H groups in total. The van der Waals surface area contributed by atoms with Crippen molar-refractivity contribution < 1.29 is 9.53 Å². The molecule has 0 atom stereocenters. The third-order valence-corrected chi connectivity index (χ3v) is 3.93. The van der Waals surface area contributed by atoms with E-state index in [1.54, 1.807) is 0 Å². The van der Waals surface area contributed by atoms with E-state index in [-0.39, 0.29) is 5.91 Å². The van der Waals surface area contributed by atoms with E-state index in [0.29, 0.717) is 13.2 Å². The fourth-order valence-corrected chi connectivity index (χ4v) is 2.68. The maximum Gasteiger partial charge on any atom is 0.251 e. The Morgan fingerprint density at radius 3 is 2.90 bits per heavy atom. The van der Waals surface area contributed by atoms with Crippen molar-refractivity contribution in [1.29, 1.82) is 0 Å². The molecule has 108 valence electrons. The summed E-state index contributed by atoms with van der Waals surface area (Å²) in [5.74, 6) is 0.816. The van der Waals surface area contributed by atoms with Crippen LogP contribution in [0.15, 0.2) is 36.4 Å². The number of fused-ring (bicyclic) bond motifs is 1. The summed E-state index contributed by atoms with van der Waals surface area (Å²) < 4.78 is 5.99. The van der Waals surface area contributed by atoms with Gasteiger partial charge in [0.05, 0.1) is 0 Å². The summed E-state index contributed by atoms with van der Waals surface area (Å²) in [6.07, 6.45) is 0.823. The second-order valence-corrected chi connectivity index (χ2v) is 5.51. The molecule has 0 radical (unpaired) electrons. The van der Waals surface area contributed by atoms with E-state index in [1.807, 2.05) is 18.2 Å². The Kier molecular flexibility index (Phi) is 3.65. The Hall–Kier alpha value is -2.29. The highest BCUT2D eigenvalue weighted by Crippen LogP contribution is 2.26. The predicted octanol–water partition coefficient (Wildman–Crippen LogP) is 3.17. The van der Waals surface area contributed by atoms with Crippen molar-refractivity contribution in [1.82, 2.24) is 5.32 Å². The van der Waals surface area contributed by atoms with Crippen LogP contribution in [0.5, 0.6) is 5.75 Å². The van der Waals surface area contributed by atoms with Crippen LogP contribution in [0.25, 0.3) is 0 Å². The van der Waals surface area contributed by atoms with E-state index >= 15 is 0 Å². The number of benzene rings is 2. The van der Waals surface area contributed by atoms with E-state index in [0.717, 1.165) is 23.3 Å². The van der Waals surface area contributed by atoms with Gasteiger partial charge >= 0.3 is 0 Å². The molecular formula is C18H19NO2. The fraction of sp³-hybridized carbons (Fsp3) is 0.278. The normalized spacial score (nSPS) is 13.5. The number of hydrogen-bond acceptors (Lipinski definition) is 2. The van der Waals surface area contributed by atoms with Crippen molar-refractivity contribution in [2.45, 2.75) is 26.9 Å². The lowest BCUT2D eigenvalue weighted by Gasteiger charge is -2.20. The van der Waals surface area contributed by atoms with Gasteiger partial charge < -0.3 is 10.1 Å². The molecule has 0 unspecified atom stereocenters. The zero-order valence-corrected chi connectivity index (χ0v) is 12.4. The third kappa shape index (κ3) is 2.77. The van der Waals surface area contributed by atoms with Gasteiger partial charge in [0.25, 0.3) is 5.91 Å². The number of ether oxygens (including phenoxy) is 1. The van der Waals surface area contributed by atoms with Gasteiger partial charge in [0.1, 0.15) is 12.4 Å². The first-order valence-electron chi connectivity index (χ1n) is 7.24. The van der Waals surface area contributed by atoms with Gasteiger partial charge in [-0.2, -0.15) is 0 Å². The van der Waals surface area contributed by atoms with E-state index in [2.05, 4.69) is 37.4 Å². The summed E-state index contributed by atoms with van der Waals surface area (Å²) in [5, 5.41) is 2.86. The number of carbonyl (C=O) groups is 1. The molecule has 3 nitrogen and oxygen atoms in total. The van der Waals surface area contributed by atoms with Gasteiger partial charge in [0.15, 0.2) is 0 Å². The largest absolute Gasteiger partial charge is 0.489 e. The second-order valence-electron chi connectivity index (χ2n) is 5.51. The van der Waals surface area contributed by atoms with Gasteiger partial charge in [-0.3, -0.25) is 4.79 Å². The predicted molar refractivity (Wildman–Crippen MR) is 82.7 cm³/mol. The standard InChI is InChI=1S/C18H19NO2/c1-12-6-7-13(2)14(10-12)11-21-17-5-3-4-16-15(17)8-9-19-18(16)20/h3-7,10H,8-9,11H2,1-2H3,(H,19,20). The maximum absolute atomic E-state index is 11.8. The summed E-state index contributed by atoms with van der Waals surface area (Å²) in [6, 6.07) is 12.0. The number of rotatable bonds is 3. The number of amides is 1. The van der Waals surface area contributed by atoms with E-state index in [9.17, 15) is 4.79 Å². The molecule has 1 heterocycles. The molecule has 0 spiro atoms. The number of aryl methyl sites for hydroxylation is 2. The molecule has 1 aliphatic rings. The van der Waals surface area contributed by atoms with Gasteiger partial charge in [-0.1, -0.05) is 29.8 Å². The van der Waals surface area contributed by atoms with Crippen LogP contribution < -0.4 is 10.1 Å². The summed E-state index contributed by atoms with van der Waals surface area (Å²) in [4.78, 5) is 11.8. The number of carbonyl (C=O) groups excluding carboxylic acids is 1. The molecule has 0 aromatic heterocycles. The zero-order valence-electron chi connectivity index (χ0n) is 12.4. The van der Waals surface area contributed by atoms with Crippen LogP contribution >= 0.6 is 0 Å². The first-order valence-corrected chi connectivity index (χ1v) is 7.24. The average molecular weight is 281 g/mol. The van der Waals surface area contributed by atoms with Gasteiger partial charge in [-0.05, 0) is 43.5 Å². The topological polar surface area (TPSA) is 38.3 Å². The van der Waals surface area contributed by atoms with Crippen molar-refractivity contribution in [2.24, 2.45) is 0 Å². The third-order valence-electron chi connectivity index (χ3n) is 3.93. The highest BCUT2D eigenvalue weighted by molar-refractivity contribution is 5.97. The zero-order chi connectivity index (χ0) is 14.8. The first kappa shape index (κ1) is 13.7. The van der Waals surface area contributed by atoms with Crippen LogP contribution in [0, 0.1) is 13.8 Å². The summed E-state index contributed by atoms with van der Waals surface area (Å²) in [6.45, 7) is 5.38. The van der Waals surface area contributed by atoms with Crippen molar-refractivity contribution in [3.05, 3.63) is 64.2 Å². The molecule has 2 aromatic rings. The summed E-state index contributed by atoms with van der Waals surface area (Å²) >= 11 is 0. The minimum Gasteiger partial charge on any atom is -0.489 e. The molecule has 0 bridgehead atoms. The molecular weight excluding hydrogens is 262 g/mol. The molecule has 1 amide bonds. The smallest absolute Gasteiger partial charge is 0.251 e. The lowest BCUT2D eigenvalue weighted by molar-refractivity contribution is 0.0945. The van der Waals surface area contributed by atoms with Crippen LogP contribution in [0.4, 0.5) is 0 Å². The maximum atomic E-state index is 11.8. The van der Waals surface area contributed by atoms with E-state index < -0.39 is 0 Å². The molecule has 1 aliphatic heterocycles. The summed E-state index contributed by atoms with van der Waals surface area (Å²) in [5.41, 5.74) is 5.40. The first-order chi connectivity index (χ1) is 10.1. The number of hydrogen-bond donors (Lipinski definition) is 1. The summed E-state index contributed by atoms with van der Waals surface area (Å²) in [7, 11) is 0. The Morgan fingerprint density at radius 2 is 2.05 bits per heavy atom. The minimum absolute atomic E-state index is 0.00608. The highest BCUT2D eigenvalue weighted by atomic mass is 16.5. The second kappa shape index (κ2) is 5.60. The highest BCUT2D eigenvalue weighted by Gasteiger charge is 2.19. The number of nitrogens with one attached hydrogen (secondary N) is 1. The SMILES string of the molecule is Cc1ccc(C)c(COc2cccc3c2CCNC3=O)c1. The van der Waals surface area contributed by atoms with Crippen LogP contribution in [-0.4, -0.2) is 12.5 Å². The Balaban J connectivity index is 1.84. The molecule has 21 heavy (non-hydrogen) atoms. The van der Waals surface area contributed by atoms with Gasteiger partial charge in [0, 0.05) is 17.7 Å². The van der Waals surface area contributed by atoms with Gasteiger partial charge in [0.2, 0.25) is 0 Å². The molecule has 0 saturated carbocycles. The van der Waals surface area contributed by atoms with Gasteiger partial charge in [-0.15, -0.1) is 0 Å². The van der Waals surface area contributed by atoms with Crippen LogP contribution in [-0.2, 0) is 13.0 Å². The van der Waals surface area contributed by atoms with Crippen LogP contribution in [0.3, 0.4) is 0 Å². The lowest BCUT2D eigenvalue weighted by Crippen LogP contribution is -2.32. The average Bonchev–Trinajstić information content (AvgIpc) is 2.49. The lowest BCUT2D eigenvalue weighted by atomic mass is 9.99. The Morgan fingerprint density at radius 1 is 1.19 bits per heavy atom. The molecule has 0 fully saturated rings. The van der Waals surface area contributed by atoms with Crippen molar-refractivity contribution >= 4 is 5.91 Å². The fourth-order valence-electron chi connectivity index (χ4n) is 2.68. The molecule has 2 aromatic carbocycles. The molecule has 3 heteroatoms. The van der Waals surface area contributed by atoms with Gasteiger partial charge in [-0.25, -0.2) is 0 Å². The minimum atomic E-state index is -0.00608. The molecule has 0 saturated heterocycles. The van der Waals surface area contributed by atoms with Crippen LogP contribution in [0.2, 0.25) is 0 Å². The van der Waals surface area contributed by atoms with Crippen LogP contribution in [0.1, 0.15) is 32.6 Å². The monoisotopic (exact) mass is 281 g/mol. The molecule has 3 rings (SSSR count). The Bertz CT molecular complexity index is 692. The molecule has 0 aliphatic carbocycles. The van der Waals surface area contributed by atoms with Crippen molar-refractivity contribution in [2.75, 3.05) is 6.54 Å². The van der Waals surface area contributed by atoms with E-state index in [1.165, 1.54) is 16.7 Å². The quantitative estimate of drug-likeness (QED) is 0.938. The van der Waals surface area contributed by atoms with E-state index in [4.69, 9.17) is 4.74 Å². The Labute approximate surface area is 124 Å². The van der Waals surface area contributed by atoms with Crippen molar-refractivity contribution in [3.8, 4) is 5.75 Å². The van der Waals surface area contributed by atoms with Crippen molar-refractivity contribution in [3.63, 3.8) is 0 Å².